The number of aromatic nitrogens is 1. The largest absolute Gasteiger partial charge is 0.465 e. The summed E-state index contributed by atoms with van der Waals surface area (Å²) in [5.41, 5.74) is 4.99. The van der Waals surface area contributed by atoms with Crippen LogP contribution < -0.4 is 10.2 Å². The molecule has 1 aliphatic heterocycles. The van der Waals surface area contributed by atoms with Crippen LogP contribution in [0.5, 0.6) is 0 Å². The molecule has 0 spiro atoms. The van der Waals surface area contributed by atoms with E-state index in [0.29, 0.717) is 22.5 Å². The third-order valence-electron chi connectivity index (χ3n) is 10.2. The molecule has 4 amide bonds. The van der Waals surface area contributed by atoms with Crippen molar-refractivity contribution in [2.75, 3.05) is 12.0 Å². The average Bonchev–Trinajstić information content (AvgIpc) is 3.26. The number of benzene rings is 2. The van der Waals surface area contributed by atoms with Crippen LogP contribution >= 0.6 is 0 Å². The second kappa shape index (κ2) is 10.1. The molecule has 0 radical (unpaired) electrons. The minimum absolute atomic E-state index is 0.133. The number of ether oxygens (including phenoxy) is 1. The molecule has 4 aliphatic carbocycles. The van der Waals surface area contributed by atoms with E-state index in [1.54, 1.807) is 12.1 Å². The van der Waals surface area contributed by atoms with Crippen LogP contribution in [-0.2, 0) is 19.7 Å². The highest BCUT2D eigenvalue weighted by Gasteiger charge is 2.51. The van der Waals surface area contributed by atoms with Gasteiger partial charge in [-0.15, -0.1) is 0 Å². The summed E-state index contributed by atoms with van der Waals surface area (Å²) in [4.78, 5) is 53.1. The molecule has 8 rings (SSSR count). The standard InChI is InChI=1S/C35H35N3O5/c1-20-12-25(21(2)37(20)30-7-5-4-6-28(30)33(41)43-3)16-29-31(39)36-34(42)38(32(29)40)27-10-8-26(9-11-27)35-17-22-13-23(18-35)15-24(14-22)19-35/h4-12,16,22-24H,13-15,17-19H2,1-3H3,(H,36,39,42)/b29-16+. The summed E-state index contributed by atoms with van der Waals surface area (Å²) in [5.74, 6) is 0.570. The van der Waals surface area contributed by atoms with Crippen molar-refractivity contribution < 1.29 is 23.9 Å². The van der Waals surface area contributed by atoms with E-state index < -0.39 is 23.8 Å². The first-order valence-electron chi connectivity index (χ1n) is 15.1. The maximum Gasteiger partial charge on any atom is 0.339 e. The van der Waals surface area contributed by atoms with Gasteiger partial charge in [-0.3, -0.25) is 14.9 Å². The summed E-state index contributed by atoms with van der Waals surface area (Å²) in [6.45, 7) is 3.73. The lowest BCUT2D eigenvalue weighted by Crippen LogP contribution is -2.54. The Balaban J connectivity index is 1.20. The summed E-state index contributed by atoms with van der Waals surface area (Å²) in [5, 5.41) is 2.35. The average molecular weight is 578 g/mol. The highest BCUT2D eigenvalue weighted by molar-refractivity contribution is 6.39. The van der Waals surface area contributed by atoms with Gasteiger partial charge in [-0.2, -0.15) is 0 Å². The number of aryl methyl sites for hydroxylation is 1. The number of anilines is 1. The molecule has 3 aromatic rings. The smallest absolute Gasteiger partial charge is 0.339 e. The van der Waals surface area contributed by atoms with Crippen LogP contribution in [0.1, 0.15) is 71.4 Å². The van der Waals surface area contributed by atoms with Gasteiger partial charge in [-0.05, 0) is 123 Å². The zero-order valence-electron chi connectivity index (χ0n) is 24.7. The zero-order valence-corrected chi connectivity index (χ0v) is 24.7. The van der Waals surface area contributed by atoms with Crippen molar-refractivity contribution >= 4 is 35.6 Å². The predicted octanol–water partition coefficient (Wildman–Crippen LogP) is 6.01. The Morgan fingerprint density at radius 2 is 1.56 bits per heavy atom. The van der Waals surface area contributed by atoms with E-state index >= 15 is 0 Å². The van der Waals surface area contributed by atoms with Crippen LogP contribution in [0.15, 0.2) is 60.2 Å². The van der Waals surface area contributed by atoms with Crippen LogP contribution in [0.2, 0.25) is 0 Å². The predicted molar refractivity (Wildman–Crippen MR) is 162 cm³/mol. The number of esters is 1. The molecule has 0 atom stereocenters. The number of imide groups is 2. The minimum Gasteiger partial charge on any atom is -0.465 e. The van der Waals surface area contributed by atoms with Crippen LogP contribution in [0.4, 0.5) is 10.5 Å². The van der Waals surface area contributed by atoms with Crippen molar-refractivity contribution in [2.24, 2.45) is 17.8 Å². The van der Waals surface area contributed by atoms with Crippen molar-refractivity contribution in [1.29, 1.82) is 0 Å². The SMILES string of the molecule is COC(=O)c1ccccc1-n1c(C)cc(/C=C2\C(=O)NC(=O)N(c3ccc(C45CC6CC(CC(C6)C4)C5)cc3)C2=O)c1C. The summed E-state index contributed by atoms with van der Waals surface area (Å²) in [7, 11) is 1.33. The van der Waals surface area contributed by atoms with Crippen LogP contribution in [0.25, 0.3) is 11.8 Å². The molecule has 5 aliphatic rings. The molecule has 2 aromatic carbocycles. The number of hydrogen-bond acceptors (Lipinski definition) is 5. The molecule has 220 valence electrons. The first kappa shape index (κ1) is 27.4. The van der Waals surface area contributed by atoms with Crippen molar-refractivity contribution in [1.82, 2.24) is 9.88 Å². The number of barbiturate groups is 1. The van der Waals surface area contributed by atoms with E-state index in [-0.39, 0.29) is 11.0 Å². The third-order valence-corrected chi connectivity index (χ3v) is 10.2. The van der Waals surface area contributed by atoms with E-state index in [1.807, 2.05) is 48.7 Å². The van der Waals surface area contributed by atoms with Crippen molar-refractivity contribution in [2.45, 2.75) is 57.8 Å². The first-order chi connectivity index (χ1) is 20.7. The fraction of sp³-hybridized carbons (Fsp3) is 0.371. The van der Waals surface area contributed by atoms with Gasteiger partial charge in [-0.1, -0.05) is 24.3 Å². The topological polar surface area (TPSA) is 97.7 Å². The van der Waals surface area contributed by atoms with Crippen LogP contribution in [-0.4, -0.2) is 35.5 Å². The van der Waals surface area contributed by atoms with Gasteiger partial charge in [0.2, 0.25) is 0 Å². The molecular formula is C35H35N3O5. The molecule has 1 N–H and O–H groups in total. The van der Waals surface area contributed by atoms with E-state index in [9.17, 15) is 19.2 Å². The van der Waals surface area contributed by atoms with Gasteiger partial charge in [0.05, 0.1) is 24.0 Å². The fourth-order valence-electron chi connectivity index (χ4n) is 8.73. The highest BCUT2D eigenvalue weighted by Crippen LogP contribution is 2.60. The molecule has 5 fully saturated rings. The zero-order chi connectivity index (χ0) is 30.0. The Morgan fingerprint density at radius 1 is 0.930 bits per heavy atom. The van der Waals surface area contributed by atoms with Gasteiger partial charge >= 0.3 is 12.0 Å². The minimum atomic E-state index is -0.757. The molecule has 2 heterocycles. The Labute approximate surface area is 250 Å². The summed E-state index contributed by atoms with van der Waals surface area (Å²) in [6, 6.07) is 16.0. The maximum atomic E-state index is 13.7. The fourth-order valence-corrected chi connectivity index (χ4v) is 8.73. The monoisotopic (exact) mass is 577 g/mol. The number of rotatable bonds is 5. The lowest BCUT2D eigenvalue weighted by Gasteiger charge is -2.57. The maximum absolute atomic E-state index is 13.7. The van der Waals surface area contributed by atoms with E-state index in [4.69, 9.17) is 4.74 Å². The van der Waals surface area contributed by atoms with Gasteiger partial charge in [-0.25, -0.2) is 14.5 Å². The second-order valence-electron chi connectivity index (χ2n) is 12.9. The number of carbonyl (C=O) groups excluding carboxylic acids is 4. The van der Waals surface area contributed by atoms with Crippen molar-refractivity contribution in [3.8, 4) is 5.69 Å². The molecule has 4 saturated carbocycles. The number of urea groups is 1. The lowest BCUT2D eigenvalue weighted by atomic mass is 9.48. The molecule has 0 unspecified atom stereocenters. The first-order valence-corrected chi connectivity index (χ1v) is 15.1. The quantitative estimate of drug-likeness (QED) is 0.227. The normalized spacial score (nSPS) is 27.1. The molecule has 1 saturated heterocycles. The lowest BCUT2D eigenvalue weighted by molar-refractivity contribution is -0.122. The Kier molecular flexibility index (Phi) is 6.41. The number of amides is 4. The Morgan fingerprint density at radius 3 is 2.19 bits per heavy atom. The Bertz CT molecular complexity index is 1680. The summed E-state index contributed by atoms with van der Waals surface area (Å²) >= 11 is 0. The molecule has 8 heteroatoms. The molecule has 8 nitrogen and oxygen atoms in total. The van der Waals surface area contributed by atoms with Gasteiger partial charge in [0.1, 0.15) is 5.57 Å². The molecule has 1 aromatic heterocycles. The van der Waals surface area contributed by atoms with Crippen LogP contribution in [0, 0.1) is 31.6 Å². The molecule has 4 bridgehead atoms. The summed E-state index contributed by atoms with van der Waals surface area (Å²) in [6.07, 6.45) is 9.29. The number of methoxy groups -OCH3 is 1. The van der Waals surface area contributed by atoms with E-state index in [0.717, 1.165) is 34.0 Å². The van der Waals surface area contributed by atoms with Crippen molar-refractivity contribution in [3.05, 3.63) is 88.2 Å². The van der Waals surface area contributed by atoms with Crippen molar-refractivity contribution in [3.63, 3.8) is 0 Å². The van der Waals surface area contributed by atoms with Gasteiger partial charge in [0.25, 0.3) is 11.8 Å². The second-order valence-corrected chi connectivity index (χ2v) is 12.9. The molecular weight excluding hydrogens is 542 g/mol. The van der Waals surface area contributed by atoms with E-state index in [1.165, 1.54) is 57.3 Å². The highest BCUT2D eigenvalue weighted by atomic mass is 16.5. The third kappa shape index (κ3) is 4.42. The van der Waals surface area contributed by atoms with E-state index in [2.05, 4.69) is 17.4 Å². The van der Waals surface area contributed by atoms with Gasteiger partial charge in [0.15, 0.2) is 0 Å². The number of carbonyl (C=O) groups is 4. The number of nitrogens with zero attached hydrogens (tertiary/aromatic N) is 2. The molecule has 43 heavy (non-hydrogen) atoms. The number of nitrogens with one attached hydrogen (secondary N) is 1. The number of para-hydroxylation sites is 1. The van der Waals surface area contributed by atoms with Gasteiger partial charge in [0, 0.05) is 11.4 Å². The van der Waals surface area contributed by atoms with Crippen LogP contribution in [0.3, 0.4) is 0 Å². The Hall–Kier alpha value is -4.46. The number of hydrogen-bond donors (Lipinski definition) is 1. The van der Waals surface area contributed by atoms with Gasteiger partial charge < -0.3 is 9.30 Å². The summed E-state index contributed by atoms with van der Waals surface area (Å²) < 4.78 is 6.85.